The number of benzene rings is 2. The first kappa shape index (κ1) is 14.7. The van der Waals surface area contributed by atoms with Crippen LogP contribution in [0, 0.1) is 0 Å². The van der Waals surface area contributed by atoms with E-state index in [0.29, 0.717) is 6.42 Å². The Bertz CT molecular complexity index is 792. The highest BCUT2D eigenvalue weighted by Crippen LogP contribution is 2.37. The molecule has 1 aliphatic carbocycles. The van der Waals surface area contributed by atoms with Crippen molar-refractivity contribution >= 4 is 27.6 Å². The summed E-state index contributed by atoms with van der Waals surface area (Å²) in [7, 11) is -2.41. The highest BCUT2D eigenvalue weighted by Gasteiger charge is 2.24. The highest BCUT2D eigenvalue weighted by atomic mass is 32.2. The molecule has 0 saturated carbocycles. The predicted octanol–water partition coefficient (Wildman–Crippen LogP) is 3.07. The van der Waals surface area contributed by atoms with Crippen LogP contribution in [0.4, 0.5) is 0 Å². The van der Waals surface area contributed by atoms with Crippen molar-refractivity contribution in [3.8, 4) is 0 Å². The minimum atomic E-state index is -2.41. The fraction of sp³-hybridized carbons (Fsp3) is 0.167. The number of Topliss-reactive ketones (excluding diaryl/α,β-unsaturated/α-hetero) is 1. The Morgan fingerprint density at radius 1 is 0.818 bits per heavy atom. The number of carbonyl (C=O) groups is 1. The molecule has 0 spiro atoms. The van der Waals surface area contributed by atoms with Crippen molar-refractivity contribution in [1.29, 1.82) is 0 Å². The summed E-state index contributed by atoms with van der Waals surface area (Å²) in [4.78, 5) is 12.2. The molecule has 3 nitrogen and oxygen atoms in total. The molecule has 22 heavy (non-hydrogen) atoms. The summed E-state index contributed by atoms with van der Waals surface area (Å²) in [5.74, 6) is 0.229. The summed E-state index contributed by atoms with van der Waals surface area (Å²) in [6.45, 7) is 0. The van der Waals surface area contributed by atoms with E-state index in [1.54, 1.807) is 0 Å². The summed E-state index contributed by atoms with van der Waals surface area (Å²) in [5.41, 5.74) is 4.56. The average Bonchev–Trinajstić information content (AvgIpc) is 2.90. The topological polar surface area (TPSA) is 51.2 Å². The van der Waals surface area contributed by atoms with E-state index in [0.717, 1.165) is 34.3 Å². The molecule has 3 rings (SSSR count). The van der Waals surface area contributed by atoms with Crippen LogP contribution in [0.5, 0.6) is 0 Å². The predicted molar refractivity (Wildman–Crippen MR) is 88.0 cm³/mol. The lowest BCUT2D eigenvalue weighted by atomic mass is 9.96. The lowest BCUT2D eigenvalue weighted by Crippen LogP contribution is -1.95. The first-order chi connectivity index (χ1) is 10.6. The zero-order valence-corrected chi connectivity index (χ0v) is 12.9. The standard InChI is InChI=1S/C18H16O3S/c19-17-11-10-16(18(17)15-4-2-1-3-5-15)14-8-6-13(7-9-14)12-22(20)21/h1-9,22H,10-12H2. The van der Waals surface area contributed by atoms with E-state index in [4.69, 9.17) is 0 Å². The van der Waals surface area contributed by atoms with Gasteiger partial charge in [-0.2, -0.15) is 0 Å². The molecule has 0 fully saturated rings. The maximum absolute atomic E-state index is 12.2. The number of carbonyl (C=O) groups excluding carboxylic acids is 1. The van der Waals surface area contributed by atoms with Crippen LogP contribution in [0.1, 0.15) is 29.5 Å². The molecule has 4 heteroatoms. The smallest absolute Gasteiger partial charge is 0.164 e. The molecule has 0 N–H and O–H groups in total. The van der Waals surface area contributed by atoms with Crippen LogP contribution in [-0.4, -0.2) is 14.2 Å². The molecule has 0 atom stereocenters. The molecular weight excluding hydrogens is 296 g/mol. The van der Waals surface area contributed by atoms with Gasteiger partial charge in [-0.1, -0.05) is 54.6 Å². The summed E-state index contributed by atoms with van der Waals surface area (Å²) in [6.07, 6.45) is 1.27. The molecule has 2 aromatic rings. The second kappa shape index (κ2) is 6.28. The van der Waals surface area contributed by atoms with Gasteiger partial charge in [0, 0.05) is 12.0 Å². The molecule has 0 amide bonds. The van der Waals surface area contributed by atoms with Gasteiger partial charge in [0.25, 0.3) is 0 Å². The van der Waals surface area contributed by atoms with Gasteiger partial charge in [0.2, 0.25) is 0 Å². The third-order valence-corrected chi connectivity index (χ3v) is 4.48. The summed E-state index contributed by atoms with van der Waals surface area (Å²) < 4.78 is 21.5. The van der Waals surface area contributed by atoms with Gasteiger partial charge < -0.3 is 0 Å². The van der Waals surface area contributed by atoms with Crippen LogP contribution in [0.3, 0.4) is 0 Å². The number of hydrogen-bond donors (Lipinski definition) is 1. The van der Waals surface area contributed by atoms with E-state index in [2.05, 4.69) is 0 Å². The Labute approximate surface area is 131 Å². The van der Waals surface area contributed by atoms with Crippen LogP contribution < -0.4 is 0 Å². The number of ketones is 1. The average molecular weight is 312 g/mol. The fourth-order valence-corrected chi connectivity index (χ4v) is 3.35. The quantitative estimate of drug-likeness (QED) is 0.883. The Balaban J connectivity index is 2.01. The molecular formula is C18H16O3S. The van der Waals surface area contributed by atoms with Gasteiger partial charge in [0.15, 0.2) is 5.78 Å². The molecule has 2 aromatic carbocycles. The van der Waals surface area contributed by atoms with E-state index in [1.165, 1.54) is 0 Å². The lowest BCUT2D eigenvalue weighted by molar-refractivity contribution is -0.113. The van der Waals surface area contributed by atoms with Crippen molar-refractivity contribution in [2.24, 2.45) is 0 Å². The number of allylic oxidation sites excluding steroid dienone is 2. The van der Waals surface area contributed by atoms with Gasteiger partial charge in [-0.25, -0.2) is 8.42 Å². The largest absolute Gasteiger partial charge is 0.294 e. The third-order valence-electron chi connectivity index (χ3n) is 3.86. The van der Waals surface area contributed by atoms with Gasteiger partial charge in [-0.05, 0) is 28.7 Å². The SMILES string of the molecule is O=C1CCC(c2ccc(C[SH](=O)=O)cc2)=C1c1ccccc1. The summed E-state index contributed by atoms with van der Waals surface area (Å²) >= 11 is 0. The van der Waals surface area contributed by atoms with E-state index < -0.39 is 10.7 Å². The Hall–Kier alpha value is -2.20. The van der Waals surface area contributed by atoms with Crippen molar-refractivity contribution in [2.75, 3.05) is 0 Å². The second-order valence-corrected chi connectivity index (χ2v) is 6.31. The number of hydrogen-bond acceptors (Lipinski definition) is 3. The molecule has 0 radical (unpaired) electrons. The molecule has 0 saturated heterocycles. The van der Waals surface area contributed by atoms with Crippen LogP contribution in [0.15, 0.2) is 54.6 Å². The minimum absolute atomic E-state index is 0.0547. The number of thiol groups is 1. The normalized spacial score (nSPS) is 14.9. The zero-order chi connectivity index (χ0) is 15.5. The monoisotopic (exact) mass is 312 g/mol. The van der Waals surface area contributed by atoms with Gasteiger partial charge in [0.1, 0.15) is 10.7 Å². The fourth-order valence-electron chi connectivity index (χ4n) is 2.85. The molecule has 0 unspecified atom stereocenters. The van der Waals surface area contributed by atoms with Crippen LogP contribution in [0.25, 0.3) is 11.1 Å². The maximum atomic E-state index is 12.2. The van der Waals surface area contributed by atoms with Crippen LogP contribution in [-0.2, 0) is 21.3 Å². The van der Waals surface area contributed by atoms with Crippen molar-refractivity contribution in [1.82, 2.24) is 0 Å². The Morgan fingerprint density at radius 3 is 2.14 bits per heavy atom. The van der Waals surface area contributed by atoms with Crippen LogP contribution in [0.2, 0.25) is 0 Å². The van der Waals surface area contributed by atoms with Gasteiger partial charge in [-0.3, -0.25) is 4.79 Å². The third kappa shape index (κ3) is 3.02. The molecule has 1 aliphatic rings. The first-order valence-electron chi connectivity index (χ1n) is 7.18. The molecule has 0 heterocycles. The summed E-state index contributed by atoms with van der Waals surface area (Å²) in [5, 5.41) is 0. The molecule has 0 bridgehead atoms. The van der Waals surface area contributed by atoms with Crippen molar-refractivity contribution < 1.29 is 13.2 Å². The Morgan fingerprint density at radius 2 is 1.50 bits per heavy atom. The first-order valence-corrected chi connectivity index (χ1v) is 8.54. The van der Waals surface area contributed by atoms with Crippen molar-refractivity contribution in [2.45, 2.75) is 18.6 Å². The zero-order valence-electron chi connectivity index (χ0n) is 12.0. The van der Waals surface area contributed by atoms with E-state index >= 15 is 0 Å². The van der Waals surface area contributed by atoms with E-state index in [1.807, 2.05) is 54.6 Å². The highest BCUT2D eigenvalue weighted by molar-refractivity contribution is 7.71. The van der Waals surface area contributed by atoms with Gasteiger partial charge in [0.05, 0.1) is 5.75 Å². The molecule has 112 valence electrons. The minimum Gasteiger partial charge on any atom is -0.294 e. The van der Waals surface area contributed by atoms with Gasteiger partial charge in [-0.15, -0.1) is 0 Å². The van der Waals surface area contributed by atoms with E-state index in [-0.39, 0.29) is 11.5 Å². The Kier molecular flexibility index (Phi) is 4.20. The maximum Gasteiger partial charge on any atom is 0.164 e. The lowest BCUT2D eigenvalue weighted by Gasteiger charge is -2.08. The van der Waals surface area contributed by atoms with Crippen molar-refractivity contribution in [3.05, 3.63) is 71.3 Å². The van der Waals surface area contributed by atoms with Gasteiger partial charge >= 0.3 is 0 Å². The van der Waals surface area contributed by atoms with Crippen LogP contribution >= 0.6 is 0 Å². The molecule has 0 aromatic heterocycles. The molecule has 0 aliphatic heterocycles. The van der Waals surface area contributed by atoms with E-state index in [9.17, 15) is 13.2 Å². The van der Waals surface area contributed by atoms with Crippen molar-refractivity contribution in [3.63, 3.8) is 0 Å². The summed E-state index contributed by atoms with van der Waals surface area (Å²) in [6, 6.07) is 17.2. The second-order valence-electron chi connectivity index (χ2n) is 5.33. The number of rotatable bonds is 4.